The van der Waals surface area contributed by atoms with E-state index in [0.29, 0.717) is 30.8 Å². The number of rotatable bonds is 5. The van der Waals surface area contributed by atoms with Crippen molar-refractivity contribution in [3.63, 3.8) is 0 Å². The van der Waals surface area contributed by atoms with Gasteiger partial charge in [0.15, 0.2) is 0 Å². The molecule has 6 heteroatoms. The van der Waals surface area contributed by atoms with Crippen molar-refractivity contribution in [2.45, 2.75) is 38.3 Å². The zero-order valence-electron chi connectivity index (χ0n) is 13.7. The maximum absolute atomic E-state index is 12.5. The summed E-state index contributed by atoms with van der Waals surface area (Å²) in [5.74, 6) is -0.451. The van der Waals surface area contributed by atoms with E-state index in [1.54, 1.807) is 12.0 Å². The molecule has 2 rings (SSSR count). The summed E-state index contributed by atoms with van der Waals surface area (Å²) in [6.45, 7) is 2.36. The number of hydrogen-bond donors (Lipinski definition) is 0. The molecule has 1 heterocycles. The van der Waals surface area contributed by atoms with Crippen molar-refractivity contribution in [1.29, 1.82) is 0 Å². The lowest BCUT2D eigenvalue weighted by molar-refractivity contribution is -0.150. The minimum absolute atomic E-state index is 0.0625. The molecule has 23 heavy (non-hydrogen) atoms. The Morgan fingerprint density at radius 3 is 2.70 bits per heavy atom. The van der Waals surface area contributed by atoms with E-state index in [1.807, 2.05) is 25.1 Å². The number of likely N-dealkylation sites (tertiary alicyclic amines) is 1. The van der Waals surface area contributed by atoms with Gasteiger partial charge in [-0.05, 0) is 30.5 Å². The highest BCUT2D eigenvalue weighted by Crippen LogP contribution is 2.23. The van der Waals surface area contributed by atoms with Crippen LogP contribution in [0.4, 0.5) is 0 Å². The van der Waals surface area contributed by atoms with Gasteiger partial charge in [0.25, 0.3) is 0 Å². The monoisotopic (exact) mass is 339 g/mol. The summed E-state index contributed by atoms with van der Waals surface area (Å²) in [7, 11) is 2.92. The third-order valence-corrected chi connectivity index (χ3v) is 4.66. The molecule has 0 saturated carbocycles. The van der Waals surface area contributed by atoms with Crippen molar-refractivity contribution >= 4 is 23.5 Å². The molecule has 5 nitrogen and oxygen atoms in total. The van der Waals surface area contributed by atoms with Crippen molar-refractivity contribution in [2.24, 2.45) is 0 Å². The van der Waals surface area contributed by atoms with Crippen LogP contribution in [0.2, 0.25) is 5.02 Å². The molecule has 0 unspecified atom stereocenters. The number of esters is 1. The molecule has 1 aromatic carbocycles. The van der Waals surface area contributed by atoms with E-state index in [-0.39, 0.29) is 18.0 Å². The van der Waals surface area contributed by atoms with Crippen LogP contribution >= 0.6 is 11.6 Å². The van der Waals surface area contributed by atoms with Gasteiger partial charge in [-0.3, -0.25) is 4.79 Å². The van der Waals surface area contributed by atoms with E-state index in [1.165, 1.54) is 7.11 Å². The van der Waals surface area contributed by atoms with Gasteiger partial charge in [0, 0.05) is 31.5 Å². The molecule has 0 N–H and O–H groups in total. The van der Waals surface area contributed by atoms with Gasteiger partial charge in [-0.1, -0.05) is 23.7 Å². The third kappa shape index (κ3) is 4.24. The predicted octanol–water partition coefficient (Wildman–Crippen LogP) is 2.37. The van der Waals surface area contributed by atoms with Crippen LogP contribution in [-0.2, 0) is 25.5 Å². The average molecular weight is 340 g/mol. The molecule has 1 amide bonds. The number of amides is 1. The van der Waals surface area contributed by atoms with Crippen LogP contribution < -0.4 is 0 Å². The Hall–Kier alpha value is -1.59. The van der Waals surface area contributed by atoms with Crippen LogP contribution in [0.1, 0.15) is 24.0 Å². The smallest absolute Gasteiger partial charge is 0.328 e. The summed E-state index contributed by atoms with van der Waals surface area (Å²) in [6.07, 6.45) is 1.31. The van der Waals surface area contributed by atoms with E-state index < -0.39 is 6.04 Å². The number of carbonyl (C=O) groups excluding carboxylic acids is 2. The molecule has 1 aliphatic heterocycles. The SMILES string of the molecule is COC(=O)[C@@H]1C[C@H](OC)CN1C(=O)CCc1ccc(Cl)c(C)c1. The number of halogens is 1. The Bertz CT molecular complexity index is 590. The Labute approximate surface area is 141 Å². The number of nitrogens with zero attached hydrogens (tertiary/aromatic N) is 1. The first kappa shape index (κ1) is 17.8. The second kappa shape index (κ2) is 7.79. The number of carbonyl (C=O) groups is 2. The van der Waals surface area contributed by atoms with Crippen LogP contribution in [0.5, 0.6) is 0 Å². The Balaban J connectivity index is 2.00. The normalized spacial score (nSPS) is 20.6. The van der Waals surface area contributed by atoms with E-state index in [9.17, 15) is 9.59 Å². The van der Waals surface area contributed by atoms with Crippen LogP contribution in [0, 0.1) is 6.92 Å². The maximum Gasteiger partial charge on any atom is 0.328 e. The first-order chi connectivity index (χ1) is 11.0. The fourth-order valence-electron chi connectivity index (χ4n) is 2.86. The molecule has 0 radical (unpaired) electrons. The van der Waals surface area contributed by atoms with Gasteiger partial charge >= 0.3 is 5.97 Å². The second-order valence-corrected chi connectivity index (χ2v) is 6.17. The van der Waals surface area contributed by atoms with Crippen molar-refractivity contribution in [2.75, 3.05) is 20.8 Å². The number of benzene rings is 1. The summed E-state index contributed by atoms with van der Waals surface area (Å²) in [6, 6.07) is 5.19. The zero-order chi connectivity index (χ0) is 17.0. The number of methoxy groups -OCH3 is 2. The molecule has 0 bridgehead atoms. The maximum atomic E-state index is 12.5. The Morgan fingerprint density at radius 1 is 1.35 bits per heavy atom. The van der Waals surface area contributed by atoms with Crippen molar-refractivity contribution in [3.8, 4) is 0 Å². The number of aryl methyl sites for hydroxylation is 2. The highest BCUT2D eigenvalue weighted by Gasteiger charge is 2.40. The standard InChI is InChI=1S/C17H22ClNO4/c1-11-8-12(4-6-14(11)18)5-7-16(20)19-10-13(22-2)9-15(19)17(21)23-3/h4,6,8,13,15H,5,7,9-10H2,1-3H3/t13-,15-/m0/s1. The summed E-state index contributed by atoms with van der Waals surface area (Å²) >= 11 is 6.01. The lowest BCUT2D eigenvalue weighted by Crippen LogP contribution is -2.41. The van der Waals surface area contributed by atoms with E-state index in [0.717, 1.165) is 11.1 Å². The van der Waals surface area contributed by atoms with Crippen LogP contribution in [0.15, 0.2) is 18.2 Å². The van der Waals surface area contributed by atoms with Gasteiger partial charge in [0.1, 0.15) is 6.04 Å². The van der Waals surface area contributed by atoms with Crippen molar-refractivity contribution in [3.05, 3.63) is 34.3 Å². The lowest BCUT2D eigenvalue weighted by Gasteiger charge is -2.22. The topological polar surface area (TPSA) is 55.8 Å². The lowest BCUT2D eigenvalue weighted by atomic mass is 10.1. The predicted molar refractivity (Wildman–Crippen MR) is 87.4 cm³/mol. The summed E-state index contributed by atoms with van der Waals surface area (Å²) in [4.78, 5) is 25.9. The van der Waals surface area contributed by atoms with E-state index >= 15 is 0 Å². The highest BCUT2D eigenvalue weighted by atomic mass is 35.5. The largest absolute Gasteiger partial charge is 0.467 e. The average Bonchev–Trinajstić information content (AvgIpc) is 2.99. The molecule has 1 fully saturated rings. The minimum Gasteiger partial charge on any atom is -0.467 e. The van der Waals surface area contributed by atoms with Gasteiger partial charge in [0.2, 0.25) is 5.91 Å². The summed E-state index contributed by atoms with van der Waals surface area (Å²) < 4.78 is 10.1. The van der Waals surface area contributed by atoms with E-state index in [2.05, 4.69) is 0 Å². The third-order valence-electron chi connectivity index (χ3n) is 4.24. The van der Waals surface area contributed by atoms with Gasteiger partial charge in [-0.2, -0.15) is 0 Å². The first-order valence-corrected chi connectivity index (χ1v) is 7.99. The molecule has 1 aromatic rings. The van der Waals surface area contributed by atoms with E-state index in [4.69, 9.17) is 21.1 Å². The fourth-order valence-corrected chi connectivity index (χ4v) is 2.98. The molecular weight excluding hydrogens is 318 g/mol. The highest BCUT2D eigenvalue weighted by molar-refractivity contribution is 6.31. The van der Waals surface area contributed by atoms with Crippen molar-refractivity contribution < 1.29 is 19.1 Å². The second-order valence-electron chi connectivity index (χ2n) is 5.76. The number of ether oxygens (including phenoxy) is 2. The molecule has 0 spiro atoms. The van der Waals surface area contributed by atoms with Crippen LogP contribution in [0.3, 0.4) is 0 Å². The summed E-state index contributed by atoms with van der Waals surface area (Å²) in [5, 5.41) is 0.716. The van der Waals surface area contributed by atoms with Crippen LogP contribution in [-0.4, -0.2) is 49.7 Å². The van der Waals surface area contributed by atoms with Gasteiger partial charge in [0.05, 0.1) is 13.2 Å². The Kier molecular flexibility index (Phi) is 6.02. The van der Waals surface area contributed by atoms with Crippen molar-refractivity contribution in [1.82, 2.24) is 4.90 Å². The van der Waals surface area contributed by atoms with Gasteiger partial charge < -0.3 is 14.4 Å². The first-order valence-electron chi connectivity index (χ1n) is 7.61. The number of hydrogen-bond acceptors (Lipinski definition) is 4. The zero-order valence-corrected chi connectivity index (χ0v) is 14.4. The minimum atomic E-state index is -0.551. The Morgan fingerprint density at radius 2 is 2.09 bits per heavy atom. The fraction of sp³-hybridized carbons (Fsp3) is 0.529. The molecule has 126 valence electrons. The van der Waals surface area contributed by atoms with Crippen LogP contribution in [0.25, 0.3) is 0 Å². The molecular formula is C17H22ClNO4. The molecule has 1 aliphatic rings. The van der Waals surface area contributed by atoms with Gasteiger partial charge in [-0.25, -0.2) is 4.79 Å². The quantitative estimate of drug-likeness (QED) is 0.773. The summed E-state index contributed by atoms with van der Waals surface area (Å²) in [5.41, 5.74) is 2.04. The molecule has 0 aliphatic carbocycles. The molecule has 0 aromatic heterocycles. The molecule has 2 atom stereocenters. The van der Waals surface area contributed by atoms with Gasteiger partial charge in [-0.15, -0.1) is 0 Å². The molecule has 1 saturated heterocycles.